The van der Waals surface area contributed by atoms with Gasteiger partial charge in [0.2, 0.25) is 0 Å². The Hall–Kier alpha value is -4.19. The number of pyridine rings is 1. The average Bonchev–Trinajstić information content (AvgIpc) is 2.78. The first-order valence-corrected chi connectivity index (χ1v) is 9.30. The quantitative estimate of drug-likeness (QED) is 0.469. The molecule has 148 valence electrons. The highest BCUT2D eigenvalue weighted by Gasteiger charge is 2.26. The number of aromatic hydroxyl groups is 1. The van der Waals surface area contributed by atoms with Crippen molar-refractivity contribution in [3.63, 3.8) is 0 Å². The van der Waals surface area contributed by atoms with Crippen molar-refractivity contribution in [2.24, 2.45) is 0 Å². The minimum Gasteiger partial charge on any atom is -0.507 e. The normalized spacial score (nSPS) is 11.7. The molecule has 3 aromatic carbocycles. The predicted octanol–water partition coefficient (Wildman–Crippen LogP) is 4.16. The van der Waals surface area contributed by atoms with Crippen LogP contribution in [-0.4, -0.2) is 27.1 Å². The van der Waals surface area contributed by atoms with E-state index < -0.39 is 12.0 Å². The molecule has 1 heterocycles. The van der Waals surface area contributed by atoms with Gasteiger partial charge in [-0.3, -0.25) is 9.78 Å². The first kappa shape index (κ1) is 19.1. The third-order valence-electron chi connectivity index (χ3n) is 4.91. The molecule has 0 spiro atoms. The van der Waals surface area contributed by atoms with E-state index in [-0.39, 0.29) is 17.2 Å². The molecule has 0 unspecified atom stereocenters. The molecule has 1 aromatic heterocycles. The van der Waals surface area contributed by atoms with E-state index in [0.29, 0.717) is 27.5 Å². The van der Waals surface area contributed by atoms with Gasteiger partial charge in [-0.25, -0.2) is 4.79 Å². The number of carbonyl (C=O) groups excluding carboxylic acids is 1. The van der Waals surface area contributed by atoms with Gasteiger partial charge in [0, 0.05) is 18.0 Å². The van der Waals surface area contributed by atoms with Crippen molar-refractivity contribution < 1.29 is 19.8 Å². The van der Waals surface area contributed by atoms with Crippen LogP contribution < -0.4 is 5.32 Å². The van der Waals surface area contributed by atoms with Gasteiger partial charge in [0.1, 0.15) is 11.3 Å². The fourth-order valence-electron chi connectivity index (χ4n) is 3.50. The predicted molar refractivity (Wildman–Crippen MR) is 113 cm³/mol. The number of hydrogen-bond acceptors (Lipinski definition) is 4. The van der Waals surface area contributed by atoms with E-state index in [2.05, 4.69) is 10.3 Å². The summed E-state index contributed by atoms with van der Waals surface area (Å²) in [5, 5.41) is 24.8. The van der Waals surface area contributed by atoms with Gasteiger partial charge < -0.3 is 15.5 Å². The van der Waals surface area contributed by atoms with Crippen molar-refractivity contribution in [3.8, 4) is 5.75 Å². The largest absolute Gasteiger partial charge is 0.507 e. The molecule has 1 atom stereocenters. The van der Waals surface area contributed by atoms with Crippen LogP contribution >= 0.6 is 0 Å². The monoisotopic (exact) mass is 398 g/mol. The van der Waals surface area contributed by atoms with Crippen LogP contribution in [0.3, 0.4) is 0 Å². The Bertz CT molecular complexity index is 1220. The molecule has 0 radical (unpaired) electrons. The summed E-state index contributed by atoms with van der Waals surface area (Å²) >= 11 is 0. The Balaban J connectivity index is 1.94. The van der Waals surface area contributed by atoms with Crippen LogP contribution in [0.2, 0.25) is 0 Å². The van der Waals surface area contributed by atoms with Crippen LogP contribution in [0.15, 0.2) is 85.2 Å². The van der Waals surface area contributed by atoms with Crippen molar-refractivity contribution in [2.45, 2.75) is 6.04 Å². The highest BCUT2D eigenvalue weighted by atomic mass is 16.4. The number of phenols is 1. The average molecular weight is 398 g/mol. The van der Waals surface area contributed by atoms with E-state index in [1.54, 1.807) is 42.6 Å². The van der Waals surface area contributed by atoms with Gasteiger partial charge in [0.15, 0.2) is 0 Å². The first-order valence-electron chi connectivity index (χ1n) is 9.30. The van der Waals surface area contributed by atoms with Crippen molar-refractivity contribution in [1.82, 2.24) is 10.3 Å². The minimum atomic E-state index is -1.25. The second-order valence-corrected chi connectivity index (χ2v) is 6.77. The molecule has 30 heavy (non-hydrogen) atoms. The summed E-state index contributed by atoms with van der Waals surface area (Å²) in [7, 11) is 0. The number of hydrogen-bond donors (Lipinski definition) is 3. The third-order valence-corrected chi connectivity index (χ3v) is 4.91. The third kappa shape index (κ3) is 3.58. The van der Waals surface area contributed by atoms with Crippen LogP contribution in [0.4, 0.5) is 0 Å². The maximum Gasteiger partial charge on any atom is 0.339 e. The highest BCUT2D eigenvalue weighted by Crippen LogP contribution is 2.38. The molecule has 0 aliphatic carbocycles. The Morgan fingerprint density at radius 3 is 2.37 bits per heavy atom. The summed E-state index contributed by atoms with van der Waals surface area (Å²) in [6.07, 6.45) is 3.02. The van der Waals surface area contributed by atoms with E-state index in [0.717, 1.165) is 0 Å². The number of fused-ring (bicyclic) bond motifs is 1. The lowest BCUT2D eigenvalue weighted by Crippen LogP contribution is -2.30. The van der Waals surface area contributed by atoms with Crippen molar-refractivity contribution in [1.29, 1.82) is 0 Å². The van der Waals surface area contributed by atoms with E-state index in [1.165, 1.54) is 12.3 Å². The molecule has 0 fully saturated rings. The van der Waals surface area contributed by atoms with E-state index in [4.69, 9.17) is 0 Å². The fourth-order valence-corrected chi connectivity index (χ4v) is 3.50. The Morgan fingerprint density at radius 1 is 0.933 bits per heavy atom. The zero-order valence-corrected chi connectivity index (χ0v) is 15.8. The molecule has 0 aliphatic heterocycles. The molecule has 6 nitrogen and oxygen atoms in total. The molecule has 3 N–H and O–H groups in total. The number of amides is 1. The van der Waals surface area contributed by atoms with E-state index in [1.807, 2.05) is 30.3 Å². The number of nitrogens with zero attached hydrogens (tertiary/aromatic N) is 1. The van der Waals surface area contributed by atoms with Crippen molar-refractivity contribution >= 4 is 22.6 Å². The number of carboxylic acid groups (broad SMARTS) is 1. The summed E-state index contributed by atoms with van der Waals surface area (Å²) in [4.78, 5) is 28.7. The number of carboxylic acids is 1. The lowest BCUT2D eigenvalue weighted by molar-refractivity contribution is 0.0693. The Kier molecular flexibility index (Phi) is 5.13. The molecular formula is C24H18N2O4. The number of aromatic nitrogens is 1. The van der Waals surface area contributed by atoms with Crippen molar-refractivity contribution in [2.75, 3.05) is 0 Å². The Labute approximate surface area is 172 Å². The number of carbonyl (C=O) groups is 2. The minimum absolute atomic E-state index is 0.222. The maximum absolute atomic E-state index is 12.9. The maximum atomic E-state index is 12.9. The van der Waals surface area contributed by atoms with Crippen LogP contribution in [0.1, 0.15) is 37.9 Å². The molecule has 4 rings (SSSR count). The van der Waals surface area contributed by atoms with E-state index in [9.17, 15) is 19.8 Å². The van der Waals surface area contributed by atoms with Crippen LogP contribution in [-0.2, 0) is 0 Å². The number of aromatic carboxylic acids is 1. The number of benzene rings is 3. The summed E-state index contributed by atoms with van der Waals surface area (Å²) < 4.78 is 0. The zero-order valence-electron chi connectivity index (χ0n) is 15.8. The fraction of sp³-hybridized carbons (Fsp3) is 0.0417. The van der Waals surface area contributed by atoms with Crippen LogP contribution in [0, 0.1) is 0 Å². The Morgan fingerprint density at radius 2 is 1.67 bits per heavy atom. The topological polar surface area (TPSA) is 99.5 Å². The molecule has 0 aliphatic rings. The standard InChI is InChI=1S/C24H18N2O4/c27-22-19(24(29)30)13-16-9-4-5-11-18(16)20(22)21(15-7-2-1-3-8-15)26-23(28)17-10-6-12-25-14-17/h1-14,21,27H,(H,26,28)(H,29,30)/t21-/m0/s1. The lowest BCUT2D eigenvalue weighted by atomic mass is 9.90. The molecule has 0 bridgehead atoms. The summed E-state index contributed by atoms with van der Waals surface area (Å²) in [6.45, 7) is 0. The second kappa shape index (κ2) is 8.05. The van der Waals surface area contributed by atoms with Gasteiger partial charge >= 0.3 is 5.97 Å². The number of rotatable bonds is 5. The second-order valence-electron chi connectivity index (χ2n) is 6.77. The molecular weight excluding hydrogens is 380 g/mol. The van der Waals surface area contributed by atoms with Crippen molar-refractivity contribution in [3.05, 3.63) is 107 Å². The molecule has 0 saturated heterocycles. The van der Waals surface area contributed by atoms with Gasteiger partial charge in [-0.15, -0.1) is 0 Å². The highest BCUT2D eigenvalue weighted by molar-refractivity contribution is 6.01. The smallest absolute Gasteiger partial charge is 0.339 e. The SMILES string of the molecule is O=C(N[C@@H](c1ccccc1)c1c(O)c(C(=O)O)cc2ccccc12)c1cccnc1. The molecule has 6 heteroatoms. The van der Waals surface area contributed by atoms with Crippen LogP contribution in [0.25, 0.3) is 10.8 Å². The van der Waals surface area contributed by atoms with Gasteiger partial charge in [-0.1, -0.05) is 54.6 Å². The summed E-state index contributed by atoms with van der Waals surface area (Å²) in [5.74, 6) is -2.01. The first-order chi connectivity index (χ1) is 14.6. The van der Waals surface area contributed by atoms with Gasteiger partial charge in [0.05, 0.1) is 11.6 Å². The van der Waals surface area contributed by atoms with Gasteiger partial charge in [-0.05, 0) is 34.5 Å². The van der Waals surface area contributed by atoms with Gasteiger partial charge in [0.25, 0.3) is 5.91 Å². The lowest BCUT2D eigenvalue weighted by Gasteiger charge is -2.23. The van der Waals surface area contributed by atoms with E-state index >= 15 is 0 Å². The van der Waals surface area contributed by atoms with Gasteiger partial charge in [-0.2, -0.15) is 0 Å². The zero-order chi connectivity index (χ0) is 21.1. The summed E-state index contributed by atoms with van der Waals surface area (Å²) in [5.41, 5.74) is 1.17. The number of nitrogens with one attached hydrogen (secondary N) is 1. The molecule has 1 amide bonds. The summed E-state index contributed by atoms with van der Waals surface area (Å²) in [6, 6.07) is 20.2. The molecule has 0 saturated carbocycles. The molecule has 4 aromatic rings. The van der Waals surface area contributed by atoms with Crippen LogP contribution in [0.5, 0.6) is 5.75 Å².